The summed E-state index contributed by atoms with van der Waals surface area (Å²) >= 11 is 0. The average Bonchev–Trinajstić information content (AvgIpc) is 2.54. The number of ether oxygens (including phenoxy) is 2. The Bertz CT molecular complexity index is 486. The van der Waals surface area contributed by atoms with E-state index in [1.807, 2.05) is 31.3 Å². The fourth-order valence-corrected chi connectivity index (χ4v) is 2.71. The third-order valence-electron chi connectivity index (χ3n) is 3.95. The Kier molecular flexibility index (Phi) is 3.78. The van der Waals surface area contributed by atoms with Crippen molar-refractivity contribution in [3.8, 4) is 11.5 Å². The van der Waals surface area contributed by atoms with Gasteiger partial charge in [-0.15, -0.1) is 0 Å². The van der Waals surface area contributed by atoms with Crippen LogP contribution in [0.15, 0.2) is 24.3 Å². The van der Waals surface area contributed by atoms with Gasteiger partial charge in [-0.25, -0.2) is 0 Å². The number of amides is 1. The van der Waals surface area contributed by atoms with E-state index in [9.17, 15) is 4.79 Å². The first-order valence-electron chi connectivity index (χ1n) is 7.11. The van der Waals surface area contributed by atoms with E-state index in [1.54, 1.807) is 4.90 Å². The molecule has 0 saturated carbocycles. The van der Waals surface area contributed by atoms with Crippen LogP contribution in [0.4, 0.5) is 0 Å². The topological polar surface area (TPSA) is 50.8 Å². The highest BCUT2D eigenvalue weighted by atomic mass is 16.6. The summed E-state index contributed by atoms with van der Waals surface area (Å²) in [6.07, 6.45) is 1.60. The number of carbonyl (C=O) groups excluding carboxylic acids is 1. The van der Waals surface area contributed by atoms with Crippen molar-refractivity contribution in [2.45, 2.75) is 25.0 Å². The van der Waals surface area contributed by atoms with Crippen molar-refractivity contribution in [3.63, 3.8) is 0 Å². The summed E-state index contributed by atoms with van der Waals surface area (Å²) < 4.78 is 11.4. The van der Waals surface area contributed by atoms with Crippen molar-refractivity contribution in [1.29, 1.82) is 0 Å². The van der Waals surface area contributed by atoms with Gasteiger partial charge >= 0.3 is 0 Å². The molecule has 108 valence electrons. The van der Waals surface area contributed by atoms with Crippen molar-refractivity contribution in [3.05, 3.63) is 24.3 Å². The second kappa shape index (κ2) is 5.71. The number of para-hydroxylation sites is 2. The van der Waals surface area contributed by atoms with E-state index in [0.717, 1.165) is 25.9 Å². The smallest absolute Gasteiger partial charge is 0.267 e. The highest BCUT2D eigenvalue weighted by Gasteiger charge is 2.32. The van der Waals surface area contributed by atoms with Gasteiger partial charge in [-0.05, 0) is 31.5 Å². The van der Waals surface area contributed by atoms with Gasteiger partial charge in [-0.3, -0.25) is 4.79 Å². The molecule has 2 unspecified atom stereocenters. The Morgan fingerprint density at radius 3 is 2.90 bits per heavy atom. The van der Waals surface area contributed by atoms with Crippen LogP contribution in [0.1, 0.15) is 12.8 Å². The van der Waals surface area contributed by atoms with Crippen LogP contribution in [0, 0.1) is 0 Å². The Balaban J connectivity index is 1.66. The molecule has 2 aliphatic heterocycles. The first kappa shape index (κ1) is 13.2. The minimum absolute atomic E-state index is 0.00629. The van der Waals surface area contributed by atoms with Gasteiger partial charge in [0.2, 0.25) is 6.10 Å². The highest BCUT2D eigenvalue weighted by molar-refractivity contribution is 5.82. The van der Waals surface area contributed by atoms with Gasteiger partial charge < -0.3 is 19.7 Å². The van der Waals surface area contributed by atoms with Gasteiger partial charge in [0, 0.05) is 19.6 Å². The molecule has 5 heteroatoms. The second-order valence-corrected chi connectivity index (χ2v) is 5.31. The number of carbonyl (C=O) groups is 1. The van der Waals surface area contributed by atoms with Crippen LogP contribution in [0.2, 0.25) is 0 Å². The Hall–Kier alpha value is -1.75. The maximum Gasteiger partial charge on any atom is 0.267 e. The third kappa shape index (κ3) is 2.58. The molecule has 2 heterocycles. The molecule has 0 bridgehead atoms. The minimum atomic E-state index is -0.545. The van der Waals surface area contributed by atoms with E-state index >= 15 is 0 Å². The van der Waals surface area contributed by atoms with E-state index < -0.39 is 6.10 Å². The third-order valence-corrected chi connectivity index (χ3v) is 3.95. The van der Waals surface area contributed by atoms with Crippen LogP contribution in [0.5, 0.6) is 11.5 Å². The lowest BCUT2D eigenvalue weighted by molar-refractivity contribution is -0.142. The summed E-state index contributed by atoms with van der Waals surface area (Å²) in [7, 11) is 1.85. The number of fused-ring (bicyclic) bond motifs is 1. The number of piperidine rings is 1. The maximum absolute atomic E-state index is 12.5. The van der Waals surface area contributed by atoms with Crippen LogP contribution in [-0.2, 0) is 4.79 Å². The summed E-state index contributed by atoms with van der Waals surface area (Å²) in [5.41, 5.74) is 0. The molecule has 1 amide bonds. The molecule has 0 radical (unpaired) electrons. The first-order chi connectivity index (χ1) is 9.75. The van der Waals surface area contributed by atoms with Gasteiger partial charge in [0.15, 0.2) is 11.5 Å². The monoisotopic (exact) mass is 276 g/mol. The molecule has 3 rings (SSSR count). The summed E-state index contributed by atoms with van der Waals surface area (Å²) in [5.74, 6) is 1.35. The molecule has 5 nitrogen and oxygen atoms in total. The zero-order valence-electron chi connectivity index (χ0n) is 11.7. The predicted octanol–water partition coefficient (Wildman–Crippen LogP) is 1.04. The SMILES string of the molecule is CN(C(=O)C1COc2ccccc2O1)C1CCCNC1. The number of benzene rings is 1. The van der Waals surface area contributed by atoms with Gasteiger partial charge in [0.1, 0.15) is 6.61 Å². The van der Waals surface area contributed by atoms with Crippen molar-refractivity contribution in [1.82, 2.24) is 10.2 Å². The Morgan fingerprint density at radius 1 is 1.35 bits per heavy atom. The van der Waals surface area contributed by atoms with E-state index in [-0.39, 0.29) is 18.6 Å². The molecule has 0 spiro atoms. The molecule has 0 aromatic heterocycles. The Morgan fingerprint density at radius 2 is 2.15 bits per heavy atom. The van der Waals surface area contributed by atoms with Gasteiger partial charge in [0.25, 0.3) is 5.91 Å². The largest absolute Gasteiger partial charge is 0.485 e. The van der Waals surface area contributed by atoms with Crippen molar-refractivity contribution in [2.24, 2.45) is 0 Å². The predicted molar refractivity (Wildman–Crippen MR) is 75.0 cm³/mol. The van der Waals surface area contributed by atoms with Crippen LogP contribution < -0.4 is 14.8 Å². The van der Waals surface area contributed by atoms with Crippen LogP contribution in [0.3, 0.4) is 0 Å². The zero-order valence-corrected chi connectivity index (χ0v) is 11.7. The maximum atomic E-state index is 12.5. The minimum Gasteiger partial charge on any atom is -0.485 e. The molecular formula is C15H20N2O3. The molecule has 20 heavy (non-hydrogen) atoms. The summed E-state index contributed by atoms with van der Waals surface area (Å²) in [4.78, 5) is 14.3. The van der Waals surface area contributed by atoms with Crippen LogP contribution in [0.25, 0.3) is 0 Å². The van der Waals surface area contributed by atoms with Crippen LogP contribution >= 0.6 is 0 Å². The van der Waals surface area contributed by atoms with E-state index in [0.29, 0.717) is 11.5 Å². The van der Waals surface area contributed by atoms with E-state index in [4.69, 9.17) is 9.47 Å². The number of likely N-dealkylation sites (N-methyl/N-ethyl adjacent to an activating group) is 1. The number of nitrogens with one attached hydrogen (secondary N) is 1. The van der Waals surface area contributed by atoms with Crippen LogP contribution in [-0.4, -0.2) is 49.7 Å². The molecule has 0 aliphatic carbocycles. The molecule has 1 aromatic rings. The summed E-state index contributed by atoms with van der Waals surface area (Å²) in [6, 6.07) is 7.70. The van der Waals surface area contributed by atoms with Crippen molar-refractivity contribution < 1.29 is 14.3 Å². The quantitative estimate of drug-likeness (QED) is 0.877. The van der Waals surface area contributed by atoms with Crippen molar-refractivity contribution in [2.75, 3.05) is 26.7 Å². The first-order valence-corrected chi connectivity index (χ1v) is 7.11. The zero-order chi connectivity index (χ0) is 13.9. The van der Waals surface area contributed by atoms with Gasteiger partial charge in [-0.2, -0.15) is 0 Å². The molecular weight excluding hydrogens is 256 g/mol. The fourth-order valence-electron chi connectivity index (χ4n) is 2.71. The molecule has 1 saturated heterocycles. The second-order valence-electron chi connectivity index (χ2n) is 5.31. The fraction of sp³-hybridized carbons (Fsp3) is 0.533. The van der Waals surface area contributed by atoms with Gasteiger partial charge in [0.05, 0.1) is 0 Å². The normalized spacial score (nSPS) is 25.1. The van der Waals surface area contributed by atoms with Gasteiger partial charge in [-0.1, -0.05) is 12.1 Å². The number of hydrogen-bond donors (Lipinski definition) is 1. The highest BCUT2D eigenvalue weighted by Crippen LogP contribution is 2.31. The molecule has 2 aliphatic rings. The lowest BCUT2D eigenvalue weighted by Gasteiger charge is -2.35. The van der Waals surface area contributed by atoms with E-state index in [2.05, 4.69) is 5.32 Å². The lowest BCUT2D eigenvalue weighted by Crippen LogP contribution is -2.52. The number of rotatable bonds is 2. The Labute approximate surface area is 118 Å². The molecule has 1 aromatic carbocycles. The molecule has 2 atom stereocenters. The summed E-state index contributed by atoms with van der Waals surface area (Å²) in [6.45, 7) is 2.17. The summed E-state index contributed by atoms with van der Waals surface area (Å²) in [5, 5.41) is 3.32. The molecule has 1 N–H and O–H groups in total. The molecule has 1 fully saturated rings. The average molecular weight is 276 g/mol. The number of nitrogens with zero attached hydrogens (tertiary/aromatic N) is 1. The number of hydrogen-bond acceptors (Lipinski definition) is 4. The standard InChI is InChI=1S/C15H20N2O3/c1-17(11-5-4-8-16-9-11)15(18)14-10-19-12-6-2-3-7-13(12)20-14/h2-3,6-7,11,14,16H,4-5,8-10H2,1H3. The lowest BCUT2D eigenvalue weighted by atomic mass is 10.1. The van der Waals surface area contributed by atoms with E-state index in [1.165, 1.54) is 0 Å². The van der Waals surface area contributed by atoms with Crippen molar-refractivity contribution >= 4 is 5.91 Å².